The quantitative estimate of drug-likeness (QED) is 0.442. The number of thiophene rings is 1. The van der Waals surface area contributed by atoms with Gasteiger partial charge in [-0.3, -0.25) is 9.36 Å². The summed E-state index contributed by atoms with van der Waals surface area (Å²) in [6.07, 6.45) is 0.577. The van der Waals surface area contributed by atoms with Crippen molar-refractivity contribution in [2.75, 3.05) is 6.61 Å². The Labute approximate surface area is 177 Å². The number of para-hydroxylation sites is 1. The molecule has 0 atom stereocenters. The second kappa shape index (κ2) is 8.51. The van der Waals surface area contributed by atoms with Crippen LogP contribution in [0, 0.1) is 6.92 Å². The van der Waals surface area contributed by atoms with Crippen LogP contribution in [0.15, 0.2) is 64.8 Å². The van der Waals surface area contributed by atoms with Crippen molar-refractivity contribution in [1.82, 2.24) is 9.55 Å². The highest BCUT2D eigenvalue weighted by molar-refractivity contribution is 7.17. The Kier molecular flexibility index (Phi) is 5.63. The lowest BCUT2D eigenvalue weighted by Crippen LogP contribution is -2.25. The molecule has 30 heavy (non-hydrogen) atoms. The van der Waals surface area contributed by atoms with Crippen LogP contribution >= 0.6 is 11.3 Å². The van der Waals surface area contributed by atoms with Crippen molar-refractivity contribution in [1.29, 1.82) is 0 Å². The zero-order chi connectivity index (χ0) is 21.1. The summed E-state index contributed by atoms with van der Waals surface area (Å²) in [5.41, 5.74) is 1.58. The fourth-order valence-corrected chi connectivity index (χ4v) is 4.14. The molecule has 4 aromatic rings. The molecule has 2 heterocycles. The van der Waals surface area contributed by atoms with Gasteiger partial charge in [0.2, 0.25) is 0 Å². The van der Waals surface area contributed by atoms with Gasteiger partial charge in [0, 0.05) is 17.5 Å². The fraction of sp³-hybridized carbons (Fsp3) is 0.174. The molecule has 0 aliphatic carbocycles. The number of fused-ring (bicyclic) bond motifs is 1. The monoisotopic (exact) mass is 420 g/mol. The number of ether oxygens (including phenoxy) is 1. The number of aromatic nitrogens is 2. The van der Waals surface area contributed by atoms with E-state index in [0.717, 1.165) is 16.9 Å². The number of carboxylic acid groups (broad SMARTS) is 1. The number of carboxylic acids is 1. The Balaban J connectivity index is 1.70. The third-order valence-corrected chi connectivity index (χ3v) is 5.64. The third-order valence-electron chi connectivity index (χ3n) is 4.77. The van der Waals surface area contributed by atoms with Crippen molar-refractivity contribution in [3.05, 3.63) is 81.5 Å². The average Bonchev–Trinajstić information content (AvgIpc) is 3.18. The second-order valence-corrected chi connectivity index (χ2v) is 7.77. The maximum absolute atomic E-state index is 13.3. The van der Waals surface area contributed by atoms with E-state index < -0.39 is 5.97 Å². The van der Waals surface area contributed by atoms with Crippen LogP contribution in [0.3, 0.4) is 0 Å². The standard InChI is InChI=1S/C23H20N2O4S/c1-15-8-10-16(11-9-15)20-24-21-19(18(14-30-21)23(27)28)22(26)25(20)12-5-13-29-17-6-3-2-4-7-17/h2-4,6-11,14H,5,12-13H2,1H3,(H,27,28). The van der Waals surface area contributed by atoms with Crippen molar-refractivity contribution < 1.29 is 14.6 Å². The van der Waals surface area contributed by atoms with E-state index in [2.05, 4.69) is 4.98 Å². The van der Waals surface area contributed by atoms with Gasteiger partial charge < -0.3 is 9.84 Å². The van der Waals surface area contributed by atoms with Crippen LogP contribution < -0.4 is 10.3 Å². The molecule has 7 heteroatoms. The van der Waals surface area contributed by atoms with E-state index in [4.69, 9.17) is 4.74 Å². The van der Waals surface area contributed by atoms with Crippen molar-refractivity contribution in [3.63, 3.8) is 0 Å². The summed E-state index contributed by atoms with van der Waals surface area (Å²) < 4.78 is 7.29. The number of nitrogens with zero attached hydrogens (tertiary/aromatic N) is 2. The Hall–Kier alpha value is -3.45. The maximum Gasteiger partial charge on any atom is 0.337 e. The van der Waals surface area contributed by atoms with Gasteiger partial charge in [-0.2, -0.15) is 0 Å². The molecule has 0 fully saturated rings. The molecule has 4 rings (SSSR count). The normalized spacial score (nSPS) is 11.0. The minimum absolute atomic E-state index is 0.00255. The van der Waals surface area contributed by atoms with Gasteiger partial charge >= 0.3 is 5.97 Å². The molecule has 0 amide bonds. The van der Waals surface area contributed by atoms with E-state index in [1.807, 2.05) is 61.5 Å². The van der Waals surface area contributed by atoms with Crippen LogP contribution in [-0.4, -0.2) is 27.2 Å². The first kappa shape index (κ1) is 19.8. The fourth-order valence-electron chi connectivity index (χ4n) is 3.24. The van der Waals surface area contributed by atoms with Crippen LogP contribution in [0.5, 0.6) is 5.75 Å². The second-order valence-electron chi connectivity index (χ2n) is 6.91. The summed E-state index contributed by atoms with van der Waals surface area (Å²) in [7, 11) is 0. The molecule has 0 saturated carbocycles. The van der Waals surface area contributed by atoms with Crippen molar-refractivity contribution in [2.45, 2.75) is 19.9 Å². The zero-order valence-corrected chi connectivity index (χ0v) is 17.2. The lowest BCUT2D eigenvalue weighted by molar-refractivity contribution is 0.0699. The van der Waals surface area contributed by atoms with Gasteiger partial charge in [-0.25, -0.2) is 9.78 Å². The molecule has 0 aliphatic rings. The lowest BCUT2D eigenvalue weighted by Gasteiger charge is -2.13. The predicted octanol–water partition coefficient (Wildman–Crippen LogP) is 4.60. The maximum atomic E-state index is 13.3. The Morgan fingerprint density at radius 2 is 1.87 bits per heavy atom. The molecule has 1 N–H and O–H groups in total. The highest BCUT2D eigenvalue weighted by atomic mass is 32.1. The van der Waals surface area contributed by atoms with Crippen LogP contribution in [0.2, 0.25) is 0 Å². The van der Waals surface area contributed by atoms with Crippen LogP contribution in [0.4, 0.5) is 0 Å². The summed E-state index contributed by atoms with van der Waals surface area (Å²) in [6, 6.07) is 17.2. The number of rotatable bonds is 7. The minimum Gasteiger partial charge on any atom is -0.494 e. The molecule has 2 aromatic heterocycles. The third kappa shape index (κ3) is 3.97. The number of hydrogen-bond acceptors (Lipinski definition) is 5. The van der Waals surface area contributed by atoms with Crippen molar-refractivity contribution in [2.24, 2.45) is 0 Å². The first-order chi connectivity index (χ1) is 14.5. The van der Waals surface area contributed by atoms with Gasteiger partial charge in [-0.05, 0) is 25.5 Å². The highest BCUT2D eigenvalue weighted by Gasteiger charge is 2.20. The van der Waals surface area contributed by atoms with Gasteiger partial charge in [0.05, 0.1) is 17.6 Å². The summed E-state index contributed by atoms with van der Waals surface area (Å²) >= 11 is 1.17. The van der Waals surface area contributed by atoms with Gasteiger partial charge in [0.1, 0.15) is 16.4 Å². The van der Waals surface area contributed by atoms with Crippen molar-refractivity contribution in [3.8, 4) is 17.1 Å². The topological polar surface area (TPSA) is 81.4 Å². The Bertz CT molecular complexity index is 1240. The first-order valence-corrected chi connectivity index (χ1v) is 10.4. The van der Waals surface area contributed by atoms with E-state index >= 15 is 0 Å². The molecular weight excluding hydrogens is 400 g/mol. The minimum atomic E-state index is -1.12. The van der Waals surface area contributed by atoms with Gasteiger partial charge in [-0.1, -0.05) is 48.0 Å². The number of hydrogen-bond donors (Lipinski definition) is 1. The number of aryl methyl sites for hydroxylation is 1. The largest absolute Gasteiger partial charge is 0.494 e. The molecule has 0 bridgehead atoms. The first-order valence-electron chi connectivity index (χ1n) is 9.55. The molecule has 2 aromatic carbocycles. The average molecular weight is 420 g/mol. The van der Waals surface area contributed by atoms with Crippen LogP contribution in [0.25, 0.3) is 21.6 Å². The van der Waals surface area contributed by atoms with Crippen molar-refractivity contribution >= 4 is 27.5 Å². The van der Waals surface area contributed by atoms with Gasteiger partial charge in [0.25, 0.3) is 5.56 Å². The zero-order valence-electron chi connectivity index (χ0n) is 16.4. The number of aromatic carboxylic acids is 1. The lowest BCUT2D eigenvalue weighted by atomic mass is 10.1. The van der Waals surface area contributed by atoms with E-state index in [9.17, 15) is 14.7 Å². The van der Waals surface area contributed by atoms with Gasteiger partial charge in [-0.15, -0.1) is 11.3 Å². The molecule has 152 valence electrons. The SMILES string of the molecule is Cc1ccc(-c2nc3scc(C(=O)O)c3c(=O)n2CCCOc2ccccc2)cc1. The summed E-state index contributed by atoms with van der Waals surface area (Å²) in [5, 5.41) is 11.1. The van der Waals surface area contributed by atoms with E-state index in [-0.39, 0.29) is 16.5 Å². The summed E-state index contributed by atoms with van der Waals surface area (Å²) in [6.45, 7) is 2.79. The molecule has 0 aliphatic heterocycles. The number of carbonyl (C=O) groups is 1. The molecule has 0 unspecified atom stereocenters. The molecule has 0 saturated heterocycles. The smallest absolute Gasteiger partial charge is 0.337 e. The summed E-state index contributed by atoms with van der Waals surface area (Å²) in [4.78, 5) is 29.9. The molecule has 0 radical (unpaired) electrons. The van der Waals surface area contributed by atoms with Crippen LogP contribution in [0.1, 0.15) is 22.3 Å². The number of benzene rings is 2. The van der Waals surface area contributed by atoms with E-state index in [1.54, 1.807) is 4.57 Å². The Morgan fingerprint density at radius 1 is 1.13 bits per heavy atom. The molecule has 6 nitrogen and oxygen atoms in total. The van der Waals surface area contributed by atoms with Crippen LogP contribution in [-0.2, 0) is 6.54 Å². The Morgan fingerprint density at radius 3 is 2.57 bits per heavy atom. The summed E-state index contributed by atoms with van der Waals surface area (Å²) in [5.74, 6) is 0.177. The van der Waals surface area contributed by atoms with Gasteiger partial charge in [0.15, 0.2) is 0 Å². The van der Waals surface area contributed by atoms with E-state index in [1.165, 1.54) is 16.7 Å². The van der Waals surface area contributed by atoms with E-state index in [0.29, 0.717) is 30.2 Å². The highest BCUT2D eigenvalue weighted by Crippen LogP contribution is 2.26. The predicted molar refractivity (Wildman–Crippen MR) is 118 cm³/mol. The molecular formula is C23H20N2O4S. The molecule has 0 spiro atoms.